The molecule has 1 aromatic heterocycles. The fraction of sp³-hybridized carbons (Fsp3) is 0.375. The Morgan fingerprint density at radius 1 is 1.30 bits per heavy atom. The molecular weight excluding hydrogens is 307 g/mol. The highest BCUT2D eigenvalue weighted by molar-refractivity contribution is 5.98. The average Bonchev–Trinajstić information content (AvgIpc) is 2.99. The van der Waals surface area contributed by atoms with Gasteiger partial charge >= 0.3 is 6.18 Å². The van der Waals surface area contributed by atoms with Gasteiger partial charge in [0.05, 0.1) is 11.3 Å². The maximum Gasteiger partial charge on any atom is 0.416 e. The second kappa shape index (κ2) is 5.40. The Labute approximate surface area is 131 Å². The Hall–Kier alpha value is -2.31. The van der Waals surface area contributed by atoms with Crippen LogP contribution in [0.1, 0.15) is 39.8 Å². The third kappa shape index (κ3) is 2.50. The van der Waals surface area contributed by atoms with Crippen LogP contribution in [0.3, 0.4) is 0 Å². The van der Waals surface area contributed by atoms with Crippen LogP contribution in [-0.4, -0.2) is 10.6 Å². The van der Waals surface area contributed by atoms with Gasteiger partial charge in [-0.2, -0.15) is 17.9 Å². The standard InChI is InChI=1S/C16H16F3N3O/c1-3-21-13-8-20-15(23)14(13)10(2)22(21)9-11-6-4-5-7-12(11)16(17,18)19/h4-7H,3,8-9H2,1-2H3/p+1. The molecule has 0 aliphatic carbocycles. The van der Waals surface area contributed by atoms with Crippen molar-refractivity contribution in [2.45, 2.75) is 39.7 Å². The van der Waals surface area contributed by atoms with Gasteiger partial charge < -0.3 is 5.32 Å². The fourth-order valence-corrected chi connectivity index (χ4v) is 3.18. The number of hydrogen-bond acceptors (Lipinski definition) is 1. The summed E-state index contributed by atoms with van der Waals surface area (Å²) < 4.78 is 43.2. The molecule has 3 rings (SSSR count). The molecule has 0 bridgehead atoms. The van der Waals surface area contributed by atoms with Crippen molar-refractivity contribution in [2.24, 2.45) is 0 Å². The fourth-order valence-electron chi connectivity index (χ4n) is 3.18. The first-order valence-corrected chi connectivity index (χ1v) is 7.40. The molecule has 2 heterocycles. The third-order valence-corrected chi connectivity index (χ3v) is 4.23. The smallest absolute Gasteiger partial charge is 0.341 e. The summed E-state index contributed by atoms with van der Waals surface area (Å²) in [6.45, 7) is 4.76. The van der Waals surface area contributed by atoms with Crippen LogP contribution in [0.5, 0.6) is 0 Å². The SMILES string of the molecule is CC[n+]1c2c(c(C)n1Cc1ccccc1C(F)(F)F)C(=O)NC2. The molecule has 122 valence electrons. The summed E-state index contributed by atoms with van der Waals surface area (Å²) in [6.07, 6.45) is -4.39. The summed E-state index contributed by atoms with van der Waals surface area (Å²) in [5, 5.41) is 2.75. The molecule has 0 unspecified atom stereocenters. The van der Waals surface area contributed by atoms with E-state index in [-0.39, 0.29) is 18.0 Å². The van der Waals surface area contributed by atoms with E-state index in [1.807, 2.05) is 11.6 Å². The van der Waals surface area contributed by atoms with Crippen molar-refractivity contribution >= 4 is 5.91 Å². The van der Waals surface area contributed by atoms with Crippen molar-refractivity contribution in [1.29, 1.82) is 0 Å². The van der Waals surface area contributed by atoms with Gasteiger partial charge in [-0.15, -0.1) is 4.68 Å². The molecule has 0 atom stereocenters. The van der Waals surface area contributed by atoms with Gasteiger partial charge in [-0.25, -0.2) is 0 Å². The lowest BCUT2D eigenvalue weighted by Crippen LogP contribution is -2.46. The van der Waals surface area contributed by atoms with Crippen LogP contribution in [0.4, 0.5) is 13.2 Å². The highest BCUT2D eigenvalue weighted by Gasteiger charge is 2.38. The van der Waals surface area contributed by atoms with Crippen LogP contribution in [-0.2, 0) is 25.8 Å². The van der Waals surface area contributed by atoms with Crippen molar-refractivity contribution < 1.29 is 22.6 Å². The lowest BCUT2D eigenvalue weighted by molar-refractivity contribution is -0.778. The molecule has 0 spiro atoms. The maximum absolute atomic E-state index is 13.2. The number of rotatable bonds is 3. The van der Waals surface area contributed by atoms with E-state index in [1.54, 1.807) is 17.7 Å². The molecule has 1 amide bonds. The van der Waals surface area contributed by atoms with Gasteiger partial charge in [0.1, 0.15) is 18.7 Å². The van der Waals surface area contributed by atoms with E-state index in [0.29, 0.717) is 24.3 Å². The number of hydrogen-bond donors (Lipinski definition) is 1. The predicted octanol–water partition coefficient (Wildman–Crippen LogP) is 2.41. The molecule has 7 heteroatoms. The quantitative estimate of drug-likeness (QED) is 0.865. The van der Waals surface area contributed by atoms with E-state index in [1.165, 1.54) is 12.1 Å². The normalized spacial score (nSPS) is 14.0. The van der Waals surface area contributed by atoms with Crippen molar-refractivity contribution in [2.75, 3.05) is 0 Å². The Morgan fingerprint density at radius 2 is 2.00 bits per heavy atom. The zero-order chi connectivity index (χ0) is 16.8. The number of fused-ring (bicyclic) bond motifs is 1. The van der Waals surface area contributed by atoms with Crippen LogP contribution in [0, 0.1) is 6.92 Å². The second-order valence-electron chi connectivity index (χ2n) is 5.52. The average molecular weight is 324 g/mol. The first kappa shape index (κ1) is 15.6. The number of amides is 1. The van der Waals surface area contributed by atoms with E-state index in [9.17, 15) is 18.0 Å². The van der Waals surface area contributed by atoms with E-state index in [2.05, 4.69) is 5.32 Å². The molecule has 1 aromatic carbocycles. The Morgan fingerprint density at radius 3 is 2.65 bits per heavy atom. The zero-order valence-corrected chi connectivity index (χ0v) is 12.9. The van der Waals surface area contributed by atoms with E-state index in [0.717, 1.165) is 11.8 Å². The minimum Gasteiger partial charge on any atom is -0.341 e. The summed E-state index contributed by atoms with van der Waals surface area (Å²) in [5.41, 5.74) is 1.66. The molecule has 1 N–H and O–H groups in total. The molecule has 0 radical (unpaired) electrons. The number of nitrogens with zero attached hydrogens (tertiary/aromatic N) is 2. The van der Waals surface area contributed by atoms with Gasteiger partial charge in [0.25, 0.3) is 5.91 Å². The second-order valence-corrected chi connectivity index (χ2v) is 5.52. The summed E-state index contributed by atoms with van der Waals surface area (Å²) in [7, 11) is 0. The molecule has 4 nitrogen and oxygen atoms in total. The Kier molecular flexibility index (Phi) is 3.66. The lowest BCUT2D eigenvalue weighted by Gasteiger charge is -2.13. The highest BCUT2D eigenvalue weighted by Crippen LogP contribution is 2.32. The van der Waals surface area contributed by atoms with Crippen molar-refractivity contribution in [1.82, 2.24) is 10.00 Å². The number of benzene rings is 1. The zero-order valence-electron chi connectivity index (χ0n) is 12.9. The maximum atomic E-state index is 13.2. The van der Waals surface area contributed by atoms with Gasteiger partial charge in [-0.05, 0) is 25.5 Å². The molecule has 1 aliphatic rings. The number of nitrogens with one attached hydrogen (secondary N) is 1. The van der Waals surface area contributed by atoms with Crippen molar-refractivity contribution in [3.63, 3.8) is 0 Å². The summed E-state index contributed by atoms with van der Waals surface area (Å²) in [5.74, 6) is -0.164. The molecule has 0 saturated heterocycles. The molecular formula is C16H17F3N3O+. The predicted molar refractivity (Wildman–Crippen MR) is 76.8 cm³/mol. The monoisotopic (exact) mass is 324 g/mol. The minimum atomic E-state index is -4.39. The van der Waals surface area contributed by atoms with Crippen molar-refractivity contribution in [3.8, 4) is 0 Å². The number of aromatic nitrogens is 2. The third-order valence-electron chi connectivity index (χ3n) is 4.23. The van der Waals surface area contributed by atoms with Crippen LogP contribution < -0.4 is 10.00 Å². The Bertz CT molecular complexity index is 778. The van der Waals surface area contributed by atoms with Crippen LogP contribution in [0.25, 0.3) is 0 Å². The number of halogens is 3. The number of carbonyl (C=O) groups is 1. The van der Waals surface area contributed by atoms with Gasteiger partial charge in [0, 0.05) is 0 Å². The van der Waals surface area contributed by atoms with Crippen LogP contribution >= 0.6 is 0 Å². The van der Waals surface area contributed by atoms with E-state index in [4.69, 9.17) is 0 Å². The lowest BCUT2D eigenvalue weighted by atomic mass is 10.1. The molecule has 2 aromatic rings. The molecule has 0 fully saturated rings. The van der Waals surface area contributed by atoms with Gasteiger partial charge in [-0.1, -0.05) is 18.2 Å². The molecule has 0 saturated carbocycles. The van der Waals surface area contributed by atoms with E-state index >= 15 is 0 Å². The Balaban J connectivity index is 2.09. The van der Waals surface area contributed by atoms with Gasteiger partial charge in [-0.3, -0.25) is 4.79 Å². The largest absolute Gasteiger partial charge is 0.416 e. The molecule has 1 aliphatic heterocycles. The number of alkyl halides is 3. The van der Waals surface area contributed by atoms with E-state index < -0.39 is 11.7 Å². The van der Waals surface area contributed by atoms with Crippen LogP contribution in [0.2, 0.25) is 0 Å². The summed E-state index contributed by atoms with van der Waals surface area (Å²) >= 11 is 0. The minimum absolute atomic E-state index is 0.0790. The van der Waals surface area contributed by atoms with Gasteiger partial charge in [0.15, 0.2) is 6.54 Å². The highest BCUT2D eigenvalue weighted by atomic mass is 19.4. The first-order chi connectivity index (χ1) is 10.8. The molecule has 23 heavy (non-hydrogen) atoms. The van der Waals surface area contributed by atoms with Crippen LogP contribution in [0.15, 0.2) is 24.3 Å². The van der Waals surface area contributed by atoms with Crippen molar-refractivity contribution in [3.05, 3.63) is 52.3 Å². The topological polar surface area (TPSA) is 37.9 Å². The summed E-state index contributed by atoms with van der Waals surface area (Å²) in [4.78, 5) is 11.9. The number of carbonyl (C=O) groups excluding carboxylic acids is 1. The van der Waals surface area contributed by atoms with Gasteiger partial charge in [0.2, 0.25) is 5.69 Å². The summed E-state index contributed by atoms with van der Waals surface area (Å²) in [6, 6.07) is 5.55. The first-order valence-electron chi connectivity index (χ1n) is 7.40.